The molecule has 0 aromatic heterocycles. The van der Waals surface area contributed by atoms with Crippen molar-refractivity contribution in [3.05, 3.63) is 0 Å². The van der Waals surface area contributed by atoms with Gasteiger partial charge in [-0.2, -0.15) is 0 Å². The summed E-state index contributed by atoms with van der Waals surface area (Å²) in [6.45, 7) is 3.18. The number of carbonyl (C=O) groups is 1. The monoisotopic (exact) mass is 257 g/mol. The van der Waals surface area contributed by atoms with Crippen molar-refractivity contribution in [3.8, 4) is 0 Å². The zero-order chi connectivity index (χ0) is 12.3. The van der Waals surface area contributed by atoms with Gasteiger partial charge in [0.1, 0.15) is 0 Å². The summed E-state index contributed by atoms with van der Waals surface area (Å²) in [7, 11) is 0. The first-order valence-corrected chi connectivity index (χ1v) is 7.72. The normalized spacial score (nSPS) is 34.0. The Labute approximate surface area is 108 Å². The molecule has 0 aliphatic carbocycles. The average molecular weight is 257 g/mol. The first kappa shape index (κ1) is 13.2. The SMILES string of the molecule is CC1(C(=O)N2CCCCC2CCO)CCCS1. The Bertz CT molecular complexity index is 275. The quantitative estimate of drug-likeness (QED) is 0.841. The van der Waals surface area contributed by atoms with E-state index in [4.69, 9.17) is 5.11 Å². The van der Waals surface area contributed by atoms with Gasteiger partial charge in [-0.1, -0.05) is 0 Å². The van der Waals surface area contributed by atoms with Gasteiger partial charge in [0.05, 0.1) is 4.75 Å². The minimum absolute atomic E-state index is 0.189. The Balaban J connectivity index is 2.05. The summed E-state index contributed by atoms with van der Waals surface area (Å²) >= 11 is 1.81. The standard InChI is InChI=1S/C13H23NO2S/c1-13(7-4-10-17-13)12(16)14-8-3-2-5-11(14)6-9-15/h11,15H,2-10H2,1H3. The van der Waals surface area contributed by atoms with Crippen LogP contribution in [-0.4, -0.2) is 45.6 Å². The van der Waals surface area contributed by atoms with Crippen LogP contribution in [0.2, 0.25) is 0 Å². The van der Waals surface area contributed by atoms with Gasteiger partial charge in [-0.3, -0.25) is 4.79 Å². The fourth-order valence-electron chi connectivity index (χ4n) is 2.97. The highest BCUT2D eigenvalue weighted by Gasteiger charge is 2.42. The Hall–Kier alpha value is -0.220. The van der Waals surface area contributed by atoms with Crippen molar-refractivity contribution in [2.24, 2.45) is 0 Å². The highest BCUT2D eigenvalue weighted by atomic mass is 32.2. The molecular formula is C13H23NO2S. The van der Waals surface area contributed by atoms with Gasteiger partial charge in [-0.05, 0) is 51.2 Å². The molecule has 2 unspecified atom stereocenters. The lowest BCUT2D eigenvalue weighted by molar-refractivity contribution is -0.137. The van der Waals surface area contributed by atoms with Crippen LogP contribution in [0.25, 0.3) is 0 Å². The Kier molecular flexibility index (Phi) is 4.36. The van der Waals surface area contributed by atoms with E-state index in [-0.39, 0.29) is 17.4 Å². The molecule has 0 bridgehead atoms. The molecule has 2 saturated heterocycles. The number of hydrogen-bond donors (Lipinski definition) is 1. The van der Waals surface area contributed by atoms with Gasteiger partial charge in [0.15, 0.2) is 0 Å². The Morgan fingerprint density at radius 2 is 2.29 bits per heavy atom. The van der Waals surface area contributed by atoms with E-state index in [0.717, 1.165) is 44.4 Å². The van der Waals surface area contributed by atoms with Crippen molar-refractivity contribution in [1.82, 2.24) is 4.90 Å². The Morgan fingerprint density at radius 1 is 1.47 bits per heavy atom. The second-order valence-corrected chi connectivity index (χ2v) is 6.94. The van der Waals surface area contributed by atoms with Gasteiger partial charge >= 0.3 is 0 Å². The van der Waals surface area contributed by atoms with Crippen LogP contribution >= 0.6 is 11.8 Å². The van der Waals surface area contributed by atoms with E-state index in [0.29, 0.717) is 5.91 Å². The third kappa shape index (κ3) is 2.79. The minimum Gasteiger partial charge on any atom is -0.396 e. The van der Waals surface area contributed by atoms with Crippen molar-refractivity contribution in [3.63, 3.8) is 0 Å². The van der Waals surface area contributed by atoms with E-state index in [1.54, 1.807) is 0 Å². The van der Waals surface area contributed by atoms with Crippen molar-refractivity contribution >= 4 is 17.7 Å². The number of aliphatic hydroxyl groups is 1. The summed E-state index contributed by atoms with van der Waals surface area (Å²) in [6.07, 6.45) is 6.29. The second kappa shape index (κ2) is 5.61. The molecule has 17 heavy (non-hydrogen) atoms. The summed E-state index contributed by atoms with van der Waals surface area (Å²) in [4.78, 5) is 14.7. The van der Waals surface area contributed by atoms with Crippen LogP contribution in [0.3, 0.4) is 0 Å². The molecule has 2 atom stereocenters. The van der Waals surface area contributed by atoms with Crippen LogP contribution in [0.4, 0.5) is 0 Å². The molecule has 2 aliphatic rings. The molecule has 2 fully saturated rings. The lowest BCUT2D eigenvalue weighted by atomic mass is 9.96. The maximum atomic E-state index is 12.6. The summed E-state index contributed by atoms with van der Waals surface area (Å²) in [5.41, 5.74) is 0. The lowest BCUT2D eigenvalue weighted by Crippen LogP contribution is -2.51. The second-order valence-electron chi connectivity index (χ2n) is 5.34. The van der Waals surface area contributed by atoms with Crippen LogP contribution < -0.4 is 0 Å². The number of aliphatic hydroxyl groups excluding tert-OH is 1. The number of thioether (sulfide) groups is 1. The fourth-order valence-corrected chi connectivity index (χ4v) is 4.24. The molecule has 1 N–H and O–H groups in total. The maximum absolute atomic E-state index is 12.6. The van der Waals surface area contributed by atoms with Crippen molar-refractivity contribution in [1.29, 1.82) is 0 Å². The molecule has 2 aliphatic heterocycles. The predicted octanol–water partition coefficient (Wildman–Crippen LogP) is 2.04. The van der Waals surface area contributed by atoms with Crippen LogP contribution in [-0.2, 0) is 4.79 Å². The summed E-state index contributed by atoms with van der Waals surface area (Å²) in [6, 6.07) is 0.277. The molecule has 2 rings (SSSR count). The number of rotatable bonds is 3. The van der Waals surface area contributed by atoms with Gasteiger partial charge in [0.25, 0.3) is 0 Å². The van der Waals surface area contributed by atoms with E-state index < -0.39 is 0 Å². The molecule has 1 amide bonds. The summed E-state index contributed by atoms with van der Waals surface area (Å²) in [5.74, 6) is 1.43. The van der Waals surface area contributed by atoms with E-state index in [1.165, 1.54) is 6.42 Å². The first-order valence-electron chi connectivity index (χ1n) is 6.73. The number of likely N-dealkylation sites (tertiary alicyclic amines) is 1. The highest BCUT2D eigenvalue weighted by molar-refractivity contribution is 8.01. The van der Waals surface area contributed by atoms with Gasteiger partial charge in [0, 0.05) is 19.2 Å². The van der Waals surface area contributed by atoms with Gasteiger partial charge < -0.3 is 10.0 Å². The first-order chi connectivity index (χ1) is 8.17. The van der Waals surface area contributed by atoms with E-state index in [2.05, 4.69) is 11.8 Å². The molecule has 0 spiro atoms. The van der Waals surface area contributed by atoms with Crippen molar-refractivity contribution in [2.75, 3.05) is 18.9 Å². The predicted molar refractivity (Wildman–Crippen MR) is 71.2 cm³/mol. The number of carbonyl (C=O) groups excluding carboxylic acids is 1. The molecule has 98 valence electrons. The van der Waals surface area contributed by atoms with Crippen LogP contribution in [0.15, 0.2) is 0 Å². The lowest BCUT2D eigenvalue weighted by Gasteiger charge is -2.39. The molecule has 0 radical (unpaired) electrons. The molecule has 0 aromatic carbocycles. The minimum atomic E-state index is -0.189. The maximum Gasteiger partial charge on any atom is 0.238 e. The highest BCUT2D eigenvalue weighted by Crippen LogP contribution is 2.40. The van der Waals surface area contributed by atoms with Crippen LogP contribution in [0.1, 0.15) is 45.4 Å². The Morgan fingerprint density at radius 3 is 2.94 bits per heavy atom. The molecule has 3 nitrogen and oxygen atoms in total. The number of amides is 1. The van der Waals surface area contributed by atoms with Crippen molar-refractivity contribution < 1.29 is 9.90 Å². The van der Waals surface area contributed by atoms with Crippen LogP contribution in [0, 0.1) is 0 Å². The average Bonchev–Trinajstić information content (AvgIpc) is 2.78. The van der Waals surface area contributed by atoms with Gasteiger partial charge in [0.2, 0.25) is 5.91 Å². The van der Waals surface area contributed by atoms with Crippen molar-refractivity contribution in [2.45, 2.75) is 56.2 Å². The molecule has 0 aromatic rings. The number of nitrogens with zero attached hydrogens (tertiary/aromatic N) is 1. The van der Waals surface area contributed by atoms with Crippen LogP contribution in [0.5, 0.6) is 0 Å². The van der Waals surface area contributed by atoms with E-state index >= 15 is 0 Å². The van der Waals surface area contributed by atoms with Gasteiger partial charge in [-0.15, -0.1) is 11.8 Å². The summed E-state index contributed by atoms with van der Waals surface area (Å²) in [5, 5.41) is 9.10. The number of piperidine rings is 1. The number of hydrogen-bond acceptors (Lipinski definition) is 3. The zero-order valence-electron chi connectivity index (χ0n) is 10.7. The smallest absolute Gasteiger partial charge is 0.238 e. The van der Waals surface area contributed by atoms with E-state index in [1.807, 2.05) is 11.8 Å². The molecular weight excluding hydrogens is 234 g/mol. The fraction of sp³-hybridized carbons (Fsp3) is 0.923. The molecule has 4 heteroatoms. The third-order valence-corrected chi connectivity index (χ3v) is 5.53. The molecule has 2 heterocycles. The zero-order valence-corrected chi connectivity index (χ0v) is 11.5. The third-order valence-electron chi connectivity index (χ3n) is 4.02. The molecule has 0 saturated carbocycles. The van der Waals surface area contributed by atoms with Gasteiger partial charge in [-0.25, -0.2) is 0 Å². The largest absolute Gasteiger partial charge is 0.396 e. The topological polar surface area (TPSA) is 40.5 Å². The summed E-state index contributed by atoms with van der Waals surface area (Å²) < 4.78 is -0.189. The van der Waals surface area contributed by atoms with E-state index in [9.17, 15) is 4.79 Å².